The van der Waals surface area contributed by atoms with Crippen LogP contribution < -0.4 is 14.2 Å². The highest BCUT2D eigenvalue weighted by Crippen LogP contribution is 2.26. The van der Waals surface area contributed by atoms with Crippen molar-refractivity contribution in [3.05, 3.63) is 81.8 Å². The molecule has 0 heterocycles. The summed E-state index contributed by atoms with van der Waals surface area (Å²) in [4.78, 5) is 0.934. The van der Waals surface area contributed by atoms with E-state index < -0.39 is 10.0 Å². The smallest absolute Gasteiger partial charge is 0.261 e. The van der Waals surface area contributed by atoms with E-state index in [0.717, 1.165) is 16.0 Å². The molecule has 9 heteroatoms. The van der Waals surface area contributed by atoms with Crippen LogP contribution in [0, 0.1) is 0 Å². The van der Waals surface area contributed by atoms with Crippen molar-refractivity contribution in [3.8, 4) is 11.5 Å². The fourth-order valence-corrected chi connectivity index (χ4v) is 5.00. The van der Waals surface area contributed by atoms with E-state index in [4.69, 9.17) is 44.9 Å². The topological polar surface area (TPSA) is 64.6 Å². The van der Waals surface area contributed by atoms with Crippen LogP contribution in [0.25, 0.3) is 0 Å². The molecule has 168 valence electrons. The Morgan fingerprint density at radius 3 is 1.91 bits per heavy atom. The summed E-state index contributed by atoms with van der Waals surface area (Å²) < 4.78 is 38.4. The van der Waals surface area contributed by atoms with Gasteiger partial charge in [-0.1, -0.05) is 47.6 Å². The van der Waals surface area contributed by atoms with Crippen molar-refractivity contribution in [1.29, 1.82) is 0 Å². The summed E-state index contributed by atoms with van der Waals surface area (Å²) in [6.07, 6.45) is 1.10. The number of halogens is 2. The van der Waals surface area contributed by atoms with Crippen LogP contribution >= 0.6 is 35.4 Å². The second-order valence-electron chi connectivity index (χ2n) is 7.02. The number of anilines is 1. The van der Waals surface area contributed by atoms with E-state index in [-0.39, 0.29) is 4.90 Å². The van der Waals surface area contributed by atoms with Gasteiger partial charge in [0.1, 0.15) is 11.5 Å². The Balaban J connectivity index is 1.68. The minimum Gasteiger partial charge on any atom is -0.497 e. The number of methoxy groups -OCH3 is 2. The molecular weight excluding hydrogens is 489 g/mol. The van der Waals surface area contributed by atoms with Crippen molar-refractivity contribution in [2.45, 2.75) is 17.7 Å². The monoisotopic (exact) mass is 509 g/mol. The quantitative estimate of drug-likeness (QED) is 0.360. The van der Waals surface area contributed by atoms with Gasteiger partial charge in [-0.05, 0) is 53.6 Å². The van der Waals surface area contributed by atoms with E-state index in [0.29, 0.717) is 40.1 Å². The van der Waals surface area contributed by atoms with E-state index in [1.54, 1.807) is 44.6 Å². The van der Waals surface area contributed by atoms with Crippen LogP contribution in [0.15, 0.2) is 65.6 Å². The molecule has 0 amide bonds. The molecule has 3 aromatic carbocycles. The van der Waals surface area contributed by atoms with E-state index >= 15 is 0 Å². The molecular formula is C23H21Cl2NO4S2. The van der Waals surface area contributed by atoms with Crippen molar-refractivity contribution >= 4 is 56.0 Å². The summed E-state index contributed by atoms with van der Waals surface area (Å²) in [5.74, 6) is 1.40. The summed E-state index contributed by atoms with van der Waals surface area (Å²) >= 11 is 17.4. The molecule has 1 N–H and O–H groups in total. The molecule has 0 aliphatic heterocycles. The fraction of sp³-hybridized carbons (Fsp3) is 0.174. The zero-order valence-electron chi connectivity index (χ0n) is 17.4. The lowest BCUT2D eigenvalue weighted by Crippen LogP contribution is -2.13. The van der Waals surface area contributed by atoms with Gasteiger partial charge in [0.15, 0.2) is 0 Å². The molecule has 0 saturated heterocycles. The Bertz CT molecular complexity index is 1190. The van der Waals surface area contributed by atoms with Gasteiger partial charge in [-0.2, -0.15) is 0 Å². The molecule has 0 saturated carbocycles. The highest BCUT2D eigenvalue weighted by atomic mass is 35.5. The van der Waals surface area contributed by atoms with Gasteiger partial charge >= 0.3 is 0 Å². The number of sulfonamides is 1. The van der Waals surface area contributed by atoms with Crippen LogP contribution in [-0.2, 0) is 22.9 Å². The third-order valence-corrected chi connectivity index (χ3v) is 6.68. The number of benzene rings is 3. The third-order valence-electron chi connectivity index (χ3n) is 4.56. The van der Waals surface area contributed by atoms with Crippen molar-refractivity contribution in [2.75, 3.05) is 18.9 Å². The van der Waals surface area contributed by atoms with Crippen LogP contribution in [0.5, 0.6) is 11.5 Å². The van der Waals surface area contributed by atoms with Crippen LogP contribution in [0.1, 0.15) is 11.1 Å². The average Bonchev–Trinajstić information content (AvgIpc) is 2.72. The van der Waals surface area contributed by atoms with Crippen molar-refractivity contribution in [2.24, 2.45) is 0 Å². The van der Waals surface area contributed by atoms with Crippen LogP contribution in [0.3, 0.4) is 0 Å². The number of thiocarbonyl (C=S) groups is 1. The summed E-state index contributed by atoms with van der Waals surface area (Å²) in [5, 5.41) is 0.681. The normalized spacial score (nSPS) is 11.1. The van der Waals surface area contributed by atoms with Crippen molar-refractivity contribution in [3.63, 3.8) is 0 Å². The van der Waals surface area contributed by atoms with Crippen LogP contribution in [0.2, 0.25) is 10.0 Å². The molecule has 0 spiro atoms. The van der Waals surface area contributed by atoms with Gasteiger partial charge in [0.25, 0.3) is 10.0 Å². The van der Waals surface area contributed by atoms with Gasteiger partial charge in [-0.25, -0.2) is 8.42 Å². The number of rotatable bonds is 9. The molecule has 3 rings (SSSR count). The average molecular weight is 510 g/mol. The summed E-state index contributed by atoms with van der Waals surface area (Å²) in [5.41, 5.74) is 2.19. The molecule has 3 aromatic rings. The van der Waals surface area contributed by atoms with Gasteiger partial charge < -0.3 is 9.47 Å². The molecule has 0 aliphatic carbocycles. The first-order valence-electron chi connectivity index (χ1n) is 9.50. The van der Waals surface area contributed by atoms with E-state index in [1.165, 1.54) is 18.2 Å². The lowest BCUT2D eigenvalue weighted by atomic mass is 10.0. The zero-order chi connectivity index (χ0) is 23.3. The molecule has 0 aromatic heterocycles. The molecule has 0 radical (unpaired) electrons. The summed E-state index contributed by atoms with van der Waals surface area (Å²) in [7, 11) is -0.585. The molecule has 32 heavy (non-hydrogen) atoms. The number of hydrogen-bond donors (Lipinski definition) is 1. The van der Waals surface area contributed by atoms with Crippen molar-refractivity contribution < 1.29 is 17.9 Å². The molecule has 0 atom stereocenters. The minimum atomic E-state index is -3.78. The highest BCUT2D eigenvalue weighted by molar-refractivity contribution is 7.92. The Morgan fingerprint density at radius 1 is 0.844 bits per heavy atom. The van der Waals surface area contributed by atoms with Gasteiger partial charge in [0, 0.05) is 33.8 Å². The SMILES string of the molecule is COc1cc(CC(=S)Cc2ccc(S(=O)(=O)Nc3cc(Cl)cc(Cl)c3)cc2)cc(OC)c1. The number of nitrogens with one attached hydrogen (secondary N) is 1. The second-order valence-corrected chi connectivity index (χ2v) is 10.2. The maximum Gasteiger partial charge on any atom is 0.261 e. The van der Waals surface area contributed by atoms with Gasteiger partial charge in [-0.3, -0.25) is 4.72 Å². The molecule has 0 aliphatic rings. The maximum atomic E-state index is 12.7. The molecule has 5 nitrogen and oxygen atoms in total. The zero-order valence-corrected chi connectivity index (χ0v) is 20.5. The van der Waals surface area contributed by atoms with Crippen molar-refractivity contribution in [1.82, 2.24) is 0 Å². The Morgan fingerprint density at radius 2 is 1.38 bits per heavy atom. The van der Waals surface area contributed by atoms with Gasteiger partial charge in [-0.15, -0.1) is 0 Å². The first-order chi connectivity index (χ1) is 15.2. The van der Waals surface area contributed by atoms with Gasteiger partial charge in [0.05, 0.1) is 24.8 Å². The molecule has 0 bridgehead atoms. The Hall–Kier alpha value is -2.32. The largest absolute Gasteiger partial charge is 0.497 e. The summed E-state index contributed by atoms with van der Waals surface area (Å²) in [6.45, 7) is 0. The maximum absolute atomic E-state index is 12.7. The predicted molar refractivity (Wildman–Crippen MR) is 133 cm³/mol. The Kier molecular flexibility index (Phi) is 8.00. The fourth-order valence-electron chi connectivity index (χ4n) is 3.10. The highest BCUT2D eigenvalue weighted by Gasteiger charge is 2.15. The standard InChI is InChI=1S/C23H21Cl2NO4S2/c1-29-20-7-16(8-21(14-20)30-2)10-22(31)9-15-3-5-23(6-4-15)32(27,28)26-19-12-17(24)11-18(25)13-19/h3-8,11-14,26H,9-10H2,1-2H3. The van der Waals surface area contributed by atoms with Crippen LogP contribution in [0.4, 0.5) is 5.69 Å². The van der Waals surface area contributed by atoms with E-state index in [2.05, 4.69) is 4.72 Å². The van der Waals surface area contributed by atoms with E-state index in [9.17, 15) is 8.42 Å². The van der Waals surface area contributed by atoms with E-state index in [1.807, 2.05) is 12.1 Å². The predicted octanol–water partition coefficient (Wildman–Crippen LogP) is 5.97. The molecule has 0 unspecified atom stereocenters. The number of ether oxygens (including phenoxy) is 2. The first kappa shape index (κ1) is 24.3. The van der Waals surface area contributed by atoms with Gasteiger partial charge in [0.2, 0.25) is 0 Å². The molecule has 0 fully saturated rings. The van der Waals surface area contributed by atoms with Crippen LogP contribution in [-0.4, -0.2) is 27.5 Å². The third kappa shape index (κ3) is 6.59. The Labute approximate surface area is 203 Å². The first-order valence-corrected chi connectivity index (χ1v) is 12.1. The lowest BCUT2D eigenvalue weighted by Gasteiger charge is -2.11. The minimum absolute atomic E-state index is 0.126. The number of hydrogen-bond acceptors (Lipinski definition) is 5. The second kappa shape index (κ2) is 10.5. The summed E-state index contributed by atoms with van der Waals surface area (Å²) in [6, 6.07) is 16.7. The lowest BCUT2D eigenvalue weighted by molar-refractivity contribution is 0.393.